The number of unbranched alkanes of at least 4 members (excludes halogenated alkanes) is 1. The Bertz CT molecular complexity index is 332. The highest BCUT2D eigenvalue weighted by atomic mass is 16.5. The summed E-state index contributed by atoms with van der Waals surface area (Å²) in [5.74, 6) is 0.0253. The lowest BCUT2D eigenvalue weighted by Crippen LogP contribution is -2.42. The third kappa shape index (κ3) is 4.98. The number of aliphatic hydroxyl groups is 1. The Labute approximate surface area is 130 Å². The fourth-order valence-electron chi connectivity index (χ4n) is 3.72. The zero-order valence-electron chi connectivity index (χ0n) is 14.6. The monoisotopic (exact) mass is 298 g/mol. The average Bonchev–Trinajstić information content (AvgIpc) is 2.61. The largest absolute Gasteiger partial charge is 0.469 e. The molecule has 1 aliphatic carbocycles. The van der Waals surface area contributed by atoms with Crippen LogP contribution in [0.15, 0.2) is 0 Å². The van der Waals surface area contributed by atoms with Crippen LogP contribution >= 0.6 is 0 Å². The maximum absolute atomic E-state index is 12.1. The third-order valence-electron chi connectivity index (χ3n) is 5.29. The molecule has 0 aromatic heterocycles. The Morgan fingerprint density at radius 1 is 1.33 bits per heavy atom. The number of carbonyl (C=O) groups is 1. The van der Waals surface area contributed by atoms with Crippen LogP contribution in [0.1, 0.15) is 79.1 Å². The van der Waals surface area contributed by atoms with Gasteiger partial charge in [-0.25, -0.2) is 0 Å². The zero-order chi connectivity index (χ0) is 16.1. The van der Waals surface area contributed by atoms with E-state index in [4.69, 9.17) is 4.74 Å². The van der Waals surface area contributed by atoms with Gasteiger partial charge in [-0.2, -0.15) is 0 Å². The van der Waals surface area contributed by atoms with Crippen molar-refractivity contribution in [3.63, 3.8) is 0 Å². The van der Waals surface area contributed by atoms with Crippen LogP contribution in [0, 0.1) is 17.3 Å². The molecule has 0 radical (unpaired) electrons. The van der Waals surface area contributed by atoms with Gasteiger partial charge in [-0.3, -0.25) is 4.79 Å². The van der Waals surface area contributed by atoms with Gasteiger partial charge < -0.3 is 9.84 Å². The quantitative estimate of drug-likeness (QED) is 0.607. The molecule has 21 heavy (non-hydrogen) atoms. The molecule has 0 heterocycles. The lowest BCUT2D eigenvalue weighted by atomic mass is 9.75. The van der Waals surface area contributed by atoms with E-state index in [-0.39, 0.29) is 17.3 Å². The number of ether oxygens (including phenoxy) is 1. The minimum absolute atomic E-state index is 0.236. The molecule has 3 unspecified atom stereocenters. The van der Waals surface area contributed by atoms with Crippen molar-refractivity contribution in [2.45, 2.75) is 84.7 Å². The van der Waals surface area contributed by atoms with Crippen LogP contribution < -0.4 is 0 Å². The topological polar surface area (TPSA) is 46.5 Å². The van der Waals surface area contributed by atoms with Crippen LogP contribution in [-0.2, 0) is 9.53 Å². The molecule has 0 aromatic carbocycles. The van der Waals surface area contributed by atoms with E-state index in [9.17, 15) is 9.90 Å². The molecule has 0 spiro atoms. The van der Waals surface area contributed by atoms with Crippen LogP contribution in [0.3, 0.4) is 0 Å². The van der Waals surface area contributed by atoms with E-state index in [1.54, 1.807) is 0 Å². The van der Waals surface area contributed by atoms with Gasteiger partial charge in [0.1, 0.15) is 0 Å². The summed E-state index contributed by atoms with van der Waals surface area (Å²) in [6, 6.07) is 0. The van der Waals surface area contributed by atoms with Crippen LogP contribution in [0.25, 0.3) is 0 Å². The van der Waals surface area contributed by atoms with Crippen molar-refractivity contribution >= 4 is 5.97 Å². The van der Waals surface area contributed by atoms with E-state index < -0.39 is 5.60 Å². The van der Waals surface area contributed by atoms with Crippen molar-refractivity contribution in [3.05, 3.63) is 0 Å². The number of methoxy groups -OCH3 is 1. The Hall–Kier alpha value is -0.570. The molecule has 3 nitrogen and oxygen atoms in total. The van der Waals surface area contributed by atoms with Crippen LogP contribution in [-0.4, -0.2) is 23.8 Å². The number of hydrogen-bond acceptors (Lipinski definition) is 3. The van der Waals surface area contributed by atoms with Gasteiger partial charge in [0, 0.05) is 0 Å². The highest BCUT2D eigenvalue weighted by Gasteiger charge is 2.43. The molecule has 0 saturated heterocycles. The molecule has 1 N–H and O–H groups in total. The van der Waals surface area contributed by atoms with Crippen molar-refractivity contribution in [3.8, 4) is 0 Å². The molecule has 0 bridgehead atoms. The Balaban J connectivity index is 2.83. The van der Waals surface area contributed by atoms with Crippen molar-refractivity contribution in [2.24, 2.45) is 17.3 Å². The van der Waals surface area contributed by atoms with E-state index >= 15 is 0 Å². The molecular formula is C18H34O3. The fourth-order valence-corrected chi connectivity index (χ4v) is 3.72. The zero-order valence-corrected chi connectivity index (χ0v) is 14.6. The van der Waals surface area contributed by atoms with E-state index in [0.29, 0.717) is 5.92 Å². The summed E-state index contributed by atoms with van der Waals surface area (Å²) in [6.45, 7) is 8.94. The molecule has 3 heteroatoms. The van der Waals surface area contributed by atoms with Crippen LogP contribution in [0.4, 0.5) is 0 Å². The highest BCUT2D eigenvalue weighted by molar-refractivity contribution is 5.73. The predicted octanol–water partition coefficient (Wildman–Crippen LogP) is 4.32. The molecule has 3 atom stereocenters. The number of rotatable bonds is 5. The number of hydrogen-bond donors (Lipinski definition) is 1. The maximum atomic E-state index is 12.1. The summed E-state index contributed by atoms with van der Waals surface area (Å²) in [5, 5.41) is 11.1. The molecule has 0 amide bonds. The van der Waals surface area contributed by atoms with E-state index in [1.165, 1.54) is 7.11 Å². The standard InChI is InChI=1S/C18H34O3/c1-6-7-10-15(16(19)21-5)18(20)12-8-9-14(11-13-18)17(2,3)4/h14-15,20H,6-13H2,1-5H3. The molecule has 1 fully saturated rings. The maximum Gasteiger partial charge on any atom is 0.311 e. The second-order valence-corrected chi connectivity index (χ2v) is 7.82. The van der Waals surface area contributed by atoms with Gasteiger partial charge in [-0.05, 0) is 43.4 Å². The minimum atomic E-state index is -0.873. The molecule has 124 valence electrons. The SMILES string of the molecule is CCCCC(C(=O)OC)C1(O)CCCC(C(C)(C)C)CC1. The lowest BCUT2D eigenvalue weighted by molar-refractivity contribution is -0.157. The molecule has 0 aromatic rings. The summed E-state index contributed by atoms with van der Waals surface area (Å²) in [7, 11) is 1.43. The first-order valence-electron chi connectivity index (χ1n) is 8.55. The number of esters is 1. The highest BCUT2D eigenvalue weighted by Crippen LogP contribution is 2.43. The molecule has 1 saturated carbocycles. The first kappa shape index (κ1) is 18.5. The fraction of sp³-hybridized carbons (Fsp3) is 0.944. The Morgan fingerprint density at radius 2 is 2.00 bits per heavy atom. The summed E-state index contributed by atoms with van der Waals surface area (Å²) in [5.41, 5.74) is -0.600. The van der Waals surface area contributed by atoms with Gasteiger partial charge in [0.15, 0.2) is 0 Å². The van der Waals surface area contributed by atoms with Gasteiger partial charge in [0.25, 0.3) is 0 Å². The summed E-state index contributed by atoms with van der Waals surface area (Å²) in [4.78, 5) is 12.1. The minimum Gasteiger partial charge on any atom is -0.469 e. The van der Waals surface area contributed by atoms with E-state index in [2.05, 4.69) is 27.7 Å². The first-order chi connectivity index (χ1) is 9.74. The summed E-state index contributed by atoms with van der Waals surface area (Å²) in [6.07, 6.45) is 7.32. The van der Waals surface area contributed by atoms with Crippen LogP contribution in [0.2, 0.25) is 0 Å². The third-order valence-corrected chi connectivity index (χ3v) is 5.29. The molecule has 1 aliphatic rings. The van der Waals surface area contributed by atoms with Crippen molar-refractivity contribution in [1.82, 2.24) is 0 Å². The van der Waals surface area contributed by atoms with E-state index in [0.717, 1.165) is 51.4 Å². The second-order valence-electron chi connectivity index (χ2n) is 7.82. The van der Waals surface area contributed by atoms with Gasteiger partial charge in [-0.1, -0.05) is 47.0 Å². The van der Waals surface area contributed by atoms with Gasteiger partial charge >= 0.3 is 5.97 Å². The Morgan fingerprint density at radius 3 is 2.52 bits per heavy atom. The smallest absolute Gasteiger partial charge is 0.311 e. The Kier molecular flexibility index (Phi) is 6.71. The van der Waals surface area contributed by atoms with Gasteiger partial charge in [-0.15, -0.1) is 0 Å². The number of carbonyl (C=O) groups excluding carboxylic acids is 1. The van der Waals surface area contributed by atoms with Gasteiger partial charge in [0.05, 0.1) is 18.6 Å². The van der Waals surface area contributed by atoms with Crippen molar-refractivity contribution < 1.29 is 14.6 Å². The molecule has 1 rings (SSSR count). The molecular weight excluding hydrogens is 264 g/mol. The van der Waals surface area contributed by atoms with Crippen molar-refractivity contribution in [2.75, 3.05) is 7.11 Å². The lowest BCUT2D eigenvalue weighted by Gasteiger charge is -2.35. The van der Waals surface area contributed by atoms with Crippen molar-refractivity contribution in [1.29, 1.82) is 0 Å². The molecule has 0 aliphatic heterocycles. The second kappa shape index (κ2) is 7.62. The normalized spacial score (nSPS) is 28.8. The predicted molar refractivity (Wildman–Crippen MR) is 86.0 cm³/mol. The first-order valence-corrected chi connectivity index (χ1v) is 8.55. The van der Waals surface area contributed by atoms with Gasteiger partial charge in [0.2, 0.25) is 0 Å². The summed E-state index contributed by atoms with van der Waals surface area (Å²) < 4.78 is 4.96. The van der Waals surface area contributed by atoms with E-state index in [1.807, 2.05) is 0 Å². The summed E-state index contributed by atoms with van der Waals surface area (Å²) >= 11 is 0. The van der Waals surface area contributed by atoms with Crippen LogP contribution in [0.5, 0.6) is 0 Å². The average molecular weight is 298 g/mol.